The second-order valence-corrected chi connectivity index (χ2v) is 5.11. The van der Waals surface area contributed by atoms with Gasteiger partial charge in [0.05, 0.1) is 31.7 Å². The summed E-state index contributed by atoms with van der Waals surface area (Å²) in [5.41, 5.74) is 4.81. The van der Waals surface area contributed by atoms with Crippen molar-refractivity contribution in [3.05, 3.63) is 54.1 Å². The van der Waals surface area contributed by atoms with Crippen molar-refractivity contribution in [3.63, 3.8) is 0 Å². The van der Waals surface area contributed by atoms with Crippen molar-refractivity contribution in [3.8, 4) is 17.6 Å². The summed E-state index contributed by atoms with van der Waals surface area (Å²) < 4.78 is 11.1. The van der Waals surface area contributed by atoms with E-state index in [9.17, 15) is 0 Å². The van der Waals surface area contributed by atoms with Crippen LogP contribution in [0.15, 0.2) is 53.6 Å². The van der Waals surface area contributed by atoms with Crippen molar-refractivity contribution in [2.75, 3.05) is 19.1 Å². The van der Waals surface area contributed by atoms with E-state index in [0.717, 1.165) is 24.1 Å². The first-order chi connectivity index (χ1) is 11.8. The number of benzene rings is 2. The van der Waals surface area contributed by atoms with Crippen LogP contribution in [0, 0.1) is 11.3 Å². The molecule has 0 unspecified atom stereocenters. The molecule has 2 aromatic rings. The third-order valence-corrected chi connectivity index (χ3v) is 3.31. The Hall–Kier alpha value is -3.00. The second-order valence-electron chi connectivity index (χ2n) is 5.11. The number of rotatable bonds is 9. The minimum atomic E-state index is 0.554. The van der Waals surface area contributed by atoms with Crippen LogP contribution >= 0.6 is 0 Å². The Morgan fingerprint density at radius 3 is 2.71 bits per heavy atom. The van der Waals surface area contributed by atoms with Gasteiger partial charge in [0.2, 0.25) is 0 Å². The number of anilines is 1. The molecule has 0 fully saturated rings. The van der Waals surface area contributed by atoms with Gasteiger partial charge in [-0.05, 0) is 48.7 Å². The van der Waals surface area contributed by atoms with Gasteiger partial charge in [-0.1, -0.05) is 18.2 Å². The maximum Gasteiger partial charge on any atom is 0.161 e. The predicted octanol–water partition coefficient (Wildman–Crippen LogP) is 4.21. The van der Waals surface area contributed by atoms with E-state index in [-0.39, 0.29) is 0 Å². The molecule has 0 heterocycles. The molecule has 0 aliphatic carbocycles. The zero-order valence-corrected chi connectivity index (χ0v) is 13.7. The molecule has 0 aliphatic heterocycles. The highest BCUT2D eigenvalue weighted by molar-refractivity contribution is 5.81. The number of nitriles is 1. The number of nitrogens with one attached hydrogen (secondary N) is 1. The van der Waals surface area contributed by atoms with E-state index in [2.05, 4.69) is 16.6 Å². The number of hydrogen-bond acceptors (Lipinski definition) is 5. The Morgan fingerprint density at radius 1 is 1.12 bits per heavy atom. The number of methoxy groups -OCH3 is 1. The van der Waals surface area contributed by atoms with Crippen molar-refractivity contribution in [1.29, 1.82) is 5.26 Å². The van der Waals surface area contributed by atoms with Crippen LogP contribution in [-0.4, -0.2) is 19.9 Å². The first-order valence-corrected chi connectivity index (χ1v) is 7.85. The number of nitrogens with zero attached hydrogens (tertiary/aromatic N) is 2. The first kappa shape index (κ1) is 17.4. The monoisotopic (exact) mass is 323 g/mol. The van der Waals surface area contributed by atoms with Crippen molar-refractivity contribution in [2.45, 2.75) is 19.3 Å². The van der Waals surface area contributed by atoms with Crippen LogP contribution in [-0.2, 0) is 0 Å². The molecule has 0 saturated carbocycles. The summed E-state index contributed by atoms with van der Waals surface area (Å²) >= 11 is 0. The van der Waals surface area contributed by atoms with Crippen LogP contribution in [0.4, 0.5) is 5.69 Å². The number of hydrazone groups is 1. The van der Waals surface area contributed by atoms with Crippen LogP contribution in [0.25, 0.3) is 0 Å². The van der Waals surface area contributed by atoms with Crippen LogP contribution in [0.5, 0.6) is 11.5 Å². The lowest BCUT2D eigenvalue weighted by Gasteiger charge is -2.11. The van der Waals surface area contributed by atoms with E-state index in [4.69, 9.17) is 14.7 Å². The van der Waals surface area contributed by atoms with Gasteiger partial charge in [0.15, 0.2) is 11.5 Å². The second kappa shape index (κ2) is 9.90. The summed E-state index contributed by atoms with van der Waals surface area (Å²) in [5, 5.41) is 12.8. The molecule has 0 bridgehead atoms. The lowest BCUT2D eigenvalue weighted by molar-refractivity contribution is 0.287. The van der Waals surface area contributed by atoms with Gasteiger partial charge < -0.3 is 9.47 Å². The Morgan fingerprint density at radius 2 is 1.96 bits per heavy atom. The van der Waals surface area contributed by atoms with Crippen LogP contribution in [0.2, 0.25) is 0 Å². The molecular formula is C19H21N3O2. The maximum absolute atomic E-state index is 8.53. The van der Waals surface area contributed by atoms with Crippen LogP contribution < -0.4 is 14.9 Å². The predicted molar refractivity (Wildman–Crippen MR) is 95.6 cm³/mol. The fourth-order valence-corrected chi connectivity index (χ4v) is 2.07. The number of hydrogen-bond donors (Lipinski definition) is 1. The van der Waals surface area contributed by atoms with Crippen LogP contribution in [0.3, 0.4) is 0 Å². The highest BCUT2D eigenvalue weighted by Gasteiger charge is 2.05. The summed E-state index contributed by atoms with van der Waals surface area (Å²) in [6, 6.07) is 17.5. The van der Waals surface area contributed by atoms with Gasteiger partial charge >= 0.3 is 0 Å². The normalized spacial score (nSPS) is 10.3. The number of ether oxygens (including phenoxy) is 2. The standard InChI is InChI=1S/C19H21N3O2/c1-23-18-11-10-16(14-19(18)24-13-7-3-6-12-20)15-21-22-17-8-4-2-5-9-17/h2,4-5,8-11,14-15,22H,3,6-7,13H2,1H3. The van der Waals surface area contributed by atoms with Crippen molar-refractivity contribution >= 4 is 11.9 Å². The molecule has 24 heavy (non-hydrogen) atoms. The van der Waals surface area contributed by atoms with E-state index in [1.54, 1.807) is 13.3 Å². The zero-order chi connectivity index (χ0) is 17.0. The smallest absolute Gasteiger partial charge is 0.161 e. The molecule has 0 aromatic heterocycles. The van der Waals surface area contributed by atoms with Gasteiger partial charge in [-0.3, -0.25) is 5.43 Å². The van der Waals surface area contributed by atoms with Gasteiger partial charge in [-0.2, -0.15) is 10.4 Å². The summed E-state index contributed by atoms with van der Waals surface area (Å²) in [4.78, 5) is 0. The molecule has 0 atom stereocenters. The zero-order valence-electron chi connectivity index (χ0n) is 13.7. The topological polar surface area (TPSA) is 66.6 Å². The Balaban J connectivity index is 1.95. The summed E-state index contributed by atoms with van der Waals surface area (Å²) in [6.07, 6.45) is 3.96. The fraction of sp³-hybridized carbons (Fsp3) is 0.263. The van der Waals surface area contributed by atoms with Crippen molar-refractivity contribution in [1.82, 2.24) is 0 Å². The SMILES string of the molecule is COc1ccc(C=NNc2ccccc2)cc1OCCCCC#N. The summed E-state index contributed by atoms with van der Waals surface area (Å²) in [6.45, 7) is 0.556. The van der Waals surface area contributed by atoms with E-state index in [1.165, 1.54) is 0 Å². The van der Waals surface area contributed by atoms with Crippen molar-refractivity contribution < 1.29 is 9.47 Å². The molecular weight excluding hydrogens is 302 g/mol. The summed E-state index contributed by atoms with van der Waals surface area (Å²) in [5.74, 6) is 1.36. The molecule has 0 radical (unpaired) electrons. The van der Waals surface area contributed by atoms with Gasteiger partial charge in [-0.25, -0.2) is 0 Å². The van der Waals surface area contributed by atoms with E-state index >= 15 is 0 Å². The fourth-order valence-electron chi connectivity index (χ4n) is 2.07. The lowest BCUT2D eigenvalue weighted by Crippen LogP contribution is -2.00. The molecule has 0 amide bonds. The third kappa shape index (κ3) is 5.65. The highest BCUT2D eigenvalue weighted by atomic mass is 16.5. The van der Waals surface area contributed by atoms with E-state index < -0.39 is 0 Å². The molecule has 0 spiro atoms. The van der Waals surface area contributed by atoms with E-state index in [0.29, 0.717) is 24.5 Å². The van der Waals surface area contributed by atoms with Gasteiger partial charge in [0.1, 0.15) is 0 Å². The summed E-state index contributed by atoms with van der Waals surface area (Å²) in [7, 11) is 1.61. The van der Waals surface area contributed by atoms with E-state index in [1.807, 2.05) is 48.5 Å². The Labute approximate surface area is 142 Å². The molecule has 0 saturated heterocycles. The van der Waals surface area contributed by atoms with Crippen molar-refractivity contribution in [2.24, 2.45) is 5.10 Å². The average Bonchev–Trinajstić information content (AvgIpc) is 2.63. The molecule has 5 nitrogen and oxygen atoms in total. The molecule has 2 aromatic carbocycles. The molecule has 5 heteroatoms. The molecule has 1 N–H and O–H groups in total. The Kier molecular flexibility index (Phi) is 7.16. The number of para-hydroxylation sites is 1. The maximum atomic E-state index is 8.53. The van der Waals surface area contributed by atoms with Crippen LogP contribution in [0.1, 0.15) is 24.8 Å². The highest BCUT2D eigenvalue weighted by Crippen LogP contribution is 2.27. The third-order valence-electron chi connectivity index (χ3n) is 3.31. The minimum absolute atomic E-state index is 0.554. The molecule has 124 valence electrons. The molecule has 2 rings (SSSR count). The Bertz CT molecular complexity index is 694. The average molecular weight is 323 g/mol. The quantitative estimate of drug-likeness (QED) is 0.426. The lowest BCUT2D eigenvalue weighted by atomic mass is 10.2. The van der Waals surface area contributed by atoms with Gasteiger partial charge in [-0.15, -0.1) is 0 Å². The number of unbranched alkanes of at least 4 members (excludes halogenated alkanes) is 2. The van der Waals surface area contributed by atoms with Gasteiger partial charge in [0.25, 0.3) is 0 Å². The molecule has 0 aliphatic rings. The van der Waals surface area contributed by atoms with Gasteiger partial charge in [0, 0.05) is 6.42 Å². The minimum Gasteiger partial charge on any atom is -0.493 e. The first-order valence-electron chi connectivity index (χ1n) is 7.85. The largest absolute Gasteiger partial charge is 0.493 e.